The number of halogens is 1. The number of ketones is 2. The molecule has 35 heavy (non-hydrogen) atoms. The van der Waals surface area contributed by atoms with Gasteiger partial charge >= 0.3 is 5.97 Å². The molecule has 6 nitrogen and oxygen atoms in total. The highest BCUT2D eigenvalue weighted by molar-refractivity contribution is 6.01. The van der Waals surface area contributed by atoms with Crippen LogP contribution in [0.15, 0.2) is 23.8 Å². The zero-order valence-electron chi connectivity index (χ0n) is 21.7. The fourth-order valence-corrected chi connectivity index (χ4v) is 8.16. The number of ether oxygens (including phenoxy) is 1. The molecule has 8 atom stereocenters. The van der Waals surface area contributed by atoms with Crippen LogP contribution in [0.1, 0.15) is 73.6 Å². The zero-order chi connectivity index (χ0) is 26.2. The van der Waals surface area contributed by atoms with Crippen molar-refractivity contribution in [2.24, 2.45) is 34.0 Å². The maximum Gasteiger partial charge on any atom is 0.307 e. The summed E-state index contributed by atoms with van der Waals surface area (Å²) in [5, 5.41) is 21.5. The number of fused-ring (bicyclic) bond motifs is 5. The maximum absolute atomic E-state index is 17.3. The van der Waals surface area contributed by atoms with Gasteiger partial charge in [-0.1, -0.05) is 46.3 Å². The van der Waals surface area contributed by atoms with Crippen LogP contribution >= 0.6 is 0 Å². The topological polar surface area (TPSA) is 101 Å². The van der Waals surface area contributed by atoms with E-state index in [1.54, 1.807) is 13.0 Å². The minimum Gasteiger partial charge on any atom is -0.450 e. The summed E-state index contributed by atoms with van der Waals surface area (Å²) >= 11 is 0. The molecule has 4 rings (SSSR count). The average molecular weight is 491 g/mol. The summed E-state index contributed by atoms with van der Waals surface area (Å²) in [6, 6.07) is 0. The van der Waals surface area contributed by atoms with Gasteiger partial charge in [0.15, 0.2) is 17.1 Å². The lowest BCUT2D eigenvalue weighted by Crippen LogP contribution is -2.70. The van der Waals surface area contributed by atoms with Crippen molar-refractivity contribution in [3.8, 4) is 0 Å². The highest BCUT2D eigenvalue weighted by Crippen LogP contribution is 2.71. The van der Waals surface area contributed by atoms with Crippen LogP contribution in [0.4, 0.5) is 4.39 Å². The molecule has 0 aromatic rings. The Balaban J connectivity index is 1.81. The Morgan fingerprint density at radius 3 is 2.49 bits per heavy atom. The first-order chi connectivity index (χ1) is 16.1. The van der Waals surface area contributed by atoms with Crippen molar-refractivity contribution in [1.29, 1.82) is 0 Å². The fraction of sp³-hybridized carbons (Fsp3) is 0.750. The molecule has 0 aromatic heterocycles. The number of esters is 1. The van der Waals surface area contributed by atoms with Gasteiger partial charge in [0.05, 0.1) is 12.5 Å². The molecule has 0 amide bonds. The van der Waals surface area contributed by atoms with Crippen molar-refractivity contribution in [2.75, 3.05) is 6.61 Å². The highest BCUT2D eigenvalue weighted by Gasteiger charge is 2.77. The van der Waals surface area contributed by atoms with Crippen LogP contribution in [0.5, 0.6) is 0 Å². The second kappa shape index (κ2) is 8.07. The molecule has 0 saturated heterocycles. The van der Waals surface area contributed by atoms with E-state index in [4.69, 9.17) is 4.74 Å². The van der Waals surface area contributed by atoms with E-state index in [9.17, 15) is 24.6 Å². The van der Waals surface area contributed by atoms with Crippen LogP contribution in [0.25, 0.3) is 0 Å². The van der Waals surface area contributed by atoms with Crippen molar-refractivity contribution >= 4 is 17.5 Å². The quantitative estimate of drug-likeness (QED) is 0.580. The lowest BCUT2D eigenvalue weighted by Gasteiger charge is -2.62. The molecule has 4 aliphatic carbocycles. The first-order valence-electron chi connectivity index (χ1n) is 12.7. The minimum atomic E-state index is -2.04. The van der Waals surface area contributed by atoms with Crippen LogP contribution < -0.4 is 0 Å². The Bertz CT molecular complexity index is 1010. The van der Waals surface area contributed by atoms with Gasteiger partial charge in [-0.25, -0.2) is 4.39 Å². The maximum atomic E-state index is 17.3. The SMILES string of the molecule is C[C@@H]1C[C@H]2[C@@H]3CCC4=CC(=O)C=C[C@]4(C)[C@@]3(F)[C@@H](O)C[C@]2(C)[C@@]1(OC(=O)CC(C)(C)C)C(=O)CO. The molecule has 0 aromatic carbocycles. The van der Waals surface area contributed by atoms with Crippen LogP contribution in [0.3, 0.4) is 0 Å². The van der Waals surface area contributed by atoms with E-state index in [0.29, 0.717) is 24.8 Å². The monoisotopic (exact) mass is 490 g/mol. The smallest absolute Gasteiger partial charge is 0.307 e. The molecular weight excluding hydrogens is 451 g/mol. The van der Waals surface area contributed by atoms with E-state index in [0.717, 1.165) is 0 Å². The van der Waals surface area contributed by atoms with Crippen molar-refractivity contribution in [1.82, 2.24) is 0 Å². The molecule has 2 N–H and O–H groups in total. The molecule has 3 saturated carbocycles. The number of carbonyl (C=O) groups is 3. The number of aliphatic hydroxyl groups is 2. The summed E-state index contributed by atoms with van der Waals surface area (Å²) in [6.45, 7) is 10.3. The summed E-state index contributed by atoms with van der Waals surface area (Å²) in [6.07, 6.45) is 4.38. The summed E-state index contributed by atoms with van der Waals surface area (Å²) in [5.74, 6) is -2.72. The molecule has 7 heteroatoms. The second-order valence-corrected chi connectivity index (χ2v) is 12.9. The number of hydrogen-bond donors (Lipinski definition) is 2. The minimum absolute atomic E-state index is 0.0883. The molecule has 0 radical (unpaired) electrons. The molecule has 4 aliphatic rings. The second-order valence-electron chi connectivity index (χ2n) is 12.9. The number of rotatable bonds is 4. The van der Waals surface area contributed by atoms with Crippen LogP contribution in [-0.2, 0) is 19.1 Å². The van der Waals surface area contributed by atoms with Crippen molar-refractivity contribution in [3.63, 3.8) is 0 Å². The molecule has 0 unspecified atom stereocenters. The molecule has 0 aliphatic heterocycles. The van der Waals surface area contributed by atoms with Crippen LogP contribution in [-0.4, -0.2) is 51.7 Å². The molecule has 0 bridgehead atoms. The lowest BCUT2D eigenvalue weighted by molar-refractivity contribution is -0.229. The Morgan fingerprint density at radius 1 is 1.23 bits per heavy atom. The summed E-state index contributed by atoms with van der Waals surface area (Å²) in [4.78, 5) is 38.5. The summed E-state index contributed by atoms with van der Waals surface area (Å²) in [7, 11) is 0. The van der Waals surface area contributed by atoms with Gasteiger partial charge in [0.25, 0.3) is 0 Å². The Labute approximate surface area is 207 Å². The number of alkyl halides is 1. The third-order valence-corrected chi connectivity index (χ3v) is 9.69. The first kappa shape index (κ1) is 26.2. The molecule has 3 fully saturated rings. The van der Waals surface area contributed by atoms with E-state index in [2.05, 4.69) is 0 Å². The third kappa shape index (κ3) is 3.44. The fourth-order valence-electron chi connectivity index (χ4n) is 8.16. The Kier molecular flexibility index (Phi) is 6.04. The number of carbonyl (C=O) groups excluding carboxylic acids is 3. The lowest BCUT2D eigenvalue weighted by atomic mass is 9.44. The molecule has 0 heterocycles. The number of aliphatic hydroxyl groups excluding tert-OH is 2. The van der Waals surface area contributed by atoms with Crippen molar-refractivity contribution in [2.45, 2.75) is 91.0 Å². The van der Waals surface area contributed by atoms with Gasteiger partial charge in [-0.2, -0.15) is 0 Å². The van der Waals surface area contributed by atoms with Gasteiger partial charge < -0.3 is 14.9 Å². The predicted octanol–water partition coefficient (Wildman–Crippen LogP) is 3.88. The highest BCUT2D eigenvalue weighted by atomic mass is 19.1. The van der Waals surface area contributed by atoms with E-state index in [1.807, 2.05) is 34.6 Å². The summed E-state index contributed by atoms with van der Waals surface area (Å²) < 4.78 is 23.4. The number of allylic oxidation sites excluding steroid dienone is 4. The van der Waals surface area contributed by atoms with Gasteiger partial charge in [-0.05, 0) is 56.1 Å². The summed E-state index contributed by atoms with van der Waals surface area (Å²) in [5.41, 5.74) is -5.55. The number of Topliss-reactive ketones (excluding diaryl/α,β-unsaturated/α-hetero) is 1. The van der Waals surface area contributed by atoms with E-state index in [-0.39, 0.29) is 30.0 Å². The first-order valence-corrected chi connectivity index (χ1v) is 12.7. The third-order valence-electron chi connectivity index (χ3n) is 9.69. The van der Waals surface area contributed by atoms with Gasteiger partial charge in [0.1, 0.15) is 6.61 Å². The normalized spacial score (nSPS) is 44.7. The Hall–Kier alpha value is -1.86. The Morgan fingerprint density at radius 2 is 1.89 bits per heavy atom. The standard InChI is InChI=1S/C28H39FO6/c1-16-11-20-19-8-7-17-12-18(31)9-10-25(17,5)27(19,29)21(32)13-26(20,6)28(16,22(33)15-30)35-23(34)14-24(2,3)4/h9-10,12,16,19-21,30,32H,7-8,11,13-15H2,1-6H3/t16-,19+,20+,21+,25+,26+,27+,28+/m1/s1. The molecular formula is C28H39FO6. The zero-order valence-corrected chi connectivity index (χ0v) is 21.7. The molecule has 194 valence electrons. The predicted molar refractivity (Wildman–Crippen MR) is 128 cm³/mol. The van der Waals surface area contributed by atoms with Crippen LogP contribution in [0.2, 0.25) is 0 Å². The van der Waals surface area contributed by atoms with Gasteiger partial charge in [-0.3, -0.25) is 14.4 Å². The van der Waals surface area contributed by atoms with E-state index >= 15 is 4.39 Å². The van der Waals surface area contributed by atoms with E-state index in [1.165, 1.54) is 12.2 Å². The molecule has 0 spiro atoms. The number of hydrogen-bond acceptors (Lipinski definition) is 6. The van der Waals surface area contributed by atoms with Gasteiger partial charge in [0, 0.05) is 22.7 Å². The van der Waals surface area contributed by atoms with Gasteiger partial charge in [0.2, 0.25) is 5.78 Å². The average Bonchev–Trinajstić information content (AvgIpc) is 2.95. The van der Waals surface area contributed by atoms with E-state index < -0.39 is 58.4 Å². The van der Waals surface area contributed by atoms with Crippen LogP contribution in [0, 0.1) is 34.0 Å². The largest absolute Gasteiger partial charge is 0.450 e. The van der Waals surface area contributed by atoms with Crippen molar-refractivity contribution in [3.05, 3.63) is 23.8 Å². The van der Waals surface area contributed by atoms with Crippen molar-refractivity contribution < 1.29 is 33.7 Å². The van der Waals surface area contributed by atoms with Gasteiger partial charge in [-0.15, -0.1) is 0 Å².